The van der Waals surface area contributed by atoms with Gasteiger partial charge in [0.25, 0.3) is 0 Å². The van der Waals surface area contributed by atoms with Gasteiger partial charge in [-0.2, -0.15) is 0 Å². The smallest absolute Gasteiger partial charge is 0.228 e. The van der Waals surface area contributed by atoms with Crippen molar-refractivity contribution in [1.29, 1.82) is 0 Å². The monoisotopic (exact) mass is 334 g/mol. The van der Waals surface area contributed by atoms with Gasteiger partial charge in [0.05, 0.1) is 19.1 Å². The summed E-state index contributed by atoms with van der Waals surface area (Å²) in [6.45, 7) is 5.84. The first kappa shape index (κ1) is 16.9. The second-order valence-corrected chi connectivity index (χ2v) is 6.74. The minimum absolute atomic E-state index is 0.0157. The second kappa shape index (κ2) is 6.89. The molecule has 2 aliphatic heterocycles. The lowest BCUT2D eigenvalue weighted by atomic mass is 10.0. The zero-order valence-electron chi connectivity index (χ0n) is 14.1. The molecule has 5 nitrogen and oxygen atoms in total. The van der Waals surface area contributed by atoms with Crippen LogP contribution in [-0.2, 0) is 14.3 Å². The fourth-order valence-electron chi connectivity index (χ4n) is 3.38. The summed E-state index contributed by atoms with van der Waals surface area (Å²) in [4.78, 5) is 28.3. The van der Waals surface area contributed by atoms with Crippen molar-refractivity contribution in [2.24, 2.45) is 5.92 Å². The van der Waals surface area contributed by atoms with Crippen LogP contribution in [0.2, 0.25) is 0 Å². The molecule has 0 saturated carbocycles. The molecule has 2 fully saturated rings. The summed E-state index contributed by atoms with van der Waals surface area (Å²) in [6, 6.07) is 6.29. The Morgan fingerprint density at radius 2 is 1.96 bits per heavy atom. The molecular weight excluding hydrogens is 311 g/mol. The van der Waals surface area contributed by atoms with Crippen molar-refractivity contribution in [2.75, 3.05) is 26.2 Å². The minimum Gasteiger partial charge on any atom is -0.370 e. The largest absolute Gasteiger partial charge is 0.370 e. The van der Waals surface area contributed by atoms with E-state index in [9.17, 15) is 14.0 Å². The molecule has 2 heterocycles. The van der Waals surface area contributed by atoms with Crippen LogP contribution in [0.25, 0.3) is 0 Å². The van der Waals surface area contributed by atoms with Gasteiger partial charge in [-0.25, -0.2) is 4.39 Å². The molecule has 0 N–H and O–H groups in total. The van der Waals surface area contributed by atoms with Crippen molar-refractivity contribution in [3.05, 3.63) is 35.6 Å². The van der Waals surface area contributed by atoms with E-state index in [1.807, 2.05) is 13.8 Å². The normalized spacial score (nSPS) is 24.8. The zero-order chi connectivity index (χ0) is 17.3. The number of hydrogen-bond donors (Lipinski definition) is 0. The van der Waals surface area contributed by atoms with Gasteiger partial charge in [-0.1, -0.05) is 12.1 Å². The van der Waals surface area contributed by atoms with Gasteiger partial charge in [0, 0.05) is 25.6 Å². The van der Waals surface area contributed by atoms with Gasteiger partial charge in [0.1, 0.15) is 11.9 Å². The molecule has 2 atom stereocenters. The van der Waals surface area contributed by atoms with E-state index in [-0.39, 0.29) is 42.1 Å². The number of halogens is 1. The van der Waals surface area contributed by atoms with Crippen LogP contribution in [0.5, 0.6) is 0 Å². The zero-order valence-corrected chi connectivity index (χ0v) is 14.1. The van der Waals surface area contributed by atoms with Crippen molar-refractivity contribution in [2.45, 2.75) is 32.4 Å². The summed E-state index contributed by atoms with van der Waals surface area (Å²) in [6.07, 6.45) is 0.0388. The second-order valence-electron chi connectivity index (χ2n) is 6.74. The Morgan fingerprint density at radius 1 is 1.25 bits per heavy atom. The Hall–Kier alpha value is -1.95. The third-order valence-electron chi connectivity index (χ3n) is 4.75. The number of likely N-dealkylation sites (tertiary alicyclic amines) is 1. The van der Waals surface area contributed by atoms with E-state index in [2.05, 4.69) is 0 Å². The first-order valence-electron chi connectivity index (χ1n) is 8.41. The maximum absolute atomic E-state index is 13.1. The van der Waals surface area contributed by atoms with Crippen LogP contribution >= 0.6 is 0 Å². The average Bonchev–Trinajstić information content (AvgIpc) is 2.97. The summed E-state index contributed by atoms with van der Waals surface area (Å²) in [5.41, 5.74) is 0.861. The molecule has 0 radical (unpaired) electrons. The van der Waals surface area contributed by atoms with Gasteiger partial charge in [0.15, 0.2) is 0 Å². The molecule has 2 amide bonds. The molecule has 1 aromatic carbocycles. The predicted molar refractivity (Wildman–Crippen MR) is 86.6 cm³/mol. The number of nitrogens with zero attached hydrogens (tertiary/aromatic N) is 2. The maximum Gasteiger partial charge on any atom is 0.228 e. The lowest BCUT2D eigenvalue weighted by Gasteiger charge is -2.34. The van der Waals surface area contributed by atoms with E-state index < -0.39 is 0 Å². The van der Waals surface area contributed by atoms with E-state index in [1.165, 1.54) is 12.1 Å². The topological polar surface area (TPSA) is 49.9 Å². The number of benzene rings is 1. The van der Waals surface area contributed by atoms with Gasteiger partial charge >= 0.3 is 0 Å². The minimum atomic E-state index is -0.291. The Labute approximate surface area is 141 Å². The Kier molecular flexibility index (Phi) is 4.85. The molecular formula is C18H23FN2O3. The van der Waals surface area contributed by atoms with E-state index in [0.717, 1.165) is 5.56 Å². The molecule has 0 bridgehead atoms. The molecule has 0 spiro atoms. The number of carbonyl (C=O) groups excluding carboxylic acids is 2. The van der Waals surface area contributed by atoms with Gasteiger partial charge in [-0.15, -0.1) is 0 Å². The van der Waals surface area contributed by atoms with Crippen LogP contribution in [0.15, 0.2) is 24.3 Å². The number of rotatable bonds is 3. The van der Waals surface area contributed by atoms with Crippen molar-refractivity contribution >= 4 is 11.8 Å². The first-order valence-corrected chi connectivity index (χ1v) is 8.41. The van der Waals surface area contributed by atoms with E-state index in [0.29, 0.717) is 26.2 Å². The molecule has 0 unspecified atom stereocenters. The highest BCUT2D eigenvalue weighted by atomic mass is 19.1. The molecule has 2 aliphatic rings. The van der Waals surface area contributed by atoms with E-state index in [4.69, 9.17) is 4.74 Å². The van der Waals surface area contributed by atoms with Crippen LogP contribution in [0, 0.1) is 11.7 Å². The summed E-state index contributed by atoms with van der Waals surface area (Å²) in [7, 11) is 0. The quantitative estimate of drug-likeness (QED) is 0.849. The molecule has 6 heteroatoms. The van der Waals surface area contributed by atoms with Crippen LogP contribution in [0.4, 0.5) is 4.39 Å². The van der Waals surface area contributed by atoms with Crippen molar-refractivity contribution in [3.8, 4) is 0 Å². The van der Waals surface area contributed by atoms with Gasteiger partial charge in [-0.05, 0) is 31.5 Å². The number of hydrogen-bond acceptors (Lipinski definition) is 3. The summed E-state index contributed by atoms with van der Waals surface area (Å²) < 4.78 is 18.8. The predicted octanol–water partition coefficient (Wildman–Crippen LogP) is 1.98. The summed E-state index contributed by atoms with van der Waals surface area (Å²) in [5, 5.41) is 0. The number of ether oxygens (including phenoxy) is 1. The lowest BCUT2D eigenvalue weighted by Crippen LogP contribution is -2.45. The number of carbonyl (C=O) groups is 2. The van der Waals surface area contributed by atoms with Crippen molar-refractivity contribution in [3.63, 3.8) is 0 Å². The fraction of sp³-hybridized carbons (Fsp3) is 0.556. The molecule has 1 aromatic rings. The Bertz CT molecular complexity index is 617. The van der Waals surface area contributed by atoms with Gasteiger partial charge in [-0.3, -0.25) is 9.59 Å². The van der Waals surface area contributed by atoms with Crippen LogP contribution in [-0.4, -0.2) is 53.9 Å². The van der Waals surface area contributed by atoms with Crippen LogP contribution in [0.3, 0.4) is 0 Å². The molecule has 130 valence electrons. The highest BCUT2D eigenvalue weighted by Crippen LogP contribution is 2.27. The van der Waals surface area contributed by atoms with Gasteiger partial charge < -0.3 is 14.5 Å². The van der Waals surface area contributed by atoms with Gasteiger partial charge in [0.2, 0.25) is 11.8 Å². The maximum atomic E-state index is 13.1. The van der Waals surface area contributed by atoms with Crippen molar-refractivity contribution in [1.82, 2.24) is 9.80 Å². The third-order valence-corrected chi connectivity index (χ3v) is 4.75. The van der Waals surface area contributed by atoms with E-state index >= 15 is 0 Å². The Balaban J connectivity index is 1.65. The number of amides is 2. The highest BCUT2D eigenvalue weighted by Gasteiger charge is 2.38. The Morgan fingerprint density at radius 3 is 2.58 bits per heavy atom. The first-order chi connectivity index (χ1) is 11.5. The average molecular weight is 334 g/mol. The highest BCUT2D eigenvalue weighted by molar-refractivity contribution is 5.89. The SMILES string of the molecule is CC(C)N1C[C@@H](C(=O)N2CCO[C@@H](c3ccc(F)cc3)C2)CC1=O. The molecule has 0 aromatic heterocycles. The fourth-order valence-corrected chi connectivity index (χ4v) is 3.38. The molecule has 2 saturated heterocycles. The third kappa shape index (κ3) is 3.43. The standard InChI is InChI=1S/C18H23FN2O3/c1-12(2)21-10-14(9-17(21)22)18(23)20-7-8-24-16(11-20)13-3-5-15(19)6-4-13/h3-6,12,14,16H,7-11H2,1-2H3/t14-,16+/m0/s1. The van der Waals surface area contributed by atoms with Crippen molar-refractivity contribution < 1.29 is 18.7 Å². The van der Waals surface area contributed by atoms with Crippen LogP contribution in [0.1, 0.15) is 31.9 Å². The summed E-state index contributed by atoms with van der Waals surface area (Å²) >= 11 is 0. The van der Waals surface area contributed by atoms with E-state index in [1.54, 1.807) is 21.9 Å². The number of morpholine rings is 1. The molecule has 3 rings (SSSR count). The summed E-state index contributed by atoms with van der Waals surface area (Å²) in [5.74, 6) is -0.499. The van der Waals surface area contributed by atoms with Crippen LogP contribution < -0.4 is 0 Å². The lowest BCUT2D eigenvalue weighted by molar-refractivity contribution is -0.143. The molecule has 0 aliphatic carbocycles. The molecule has 24 heavy (non-hydrogen) atoms.